The van der Waals surface area contributed by atoms with Crippen LogP contribution in [0.4, 0.5) is 8.78 Å². The Hall–Kier alpha value is -3.06. The Morgan fingerprint density at radius 1 is 0.933 bits per heavy atom. The highest BCUT2D eigenvalue weighted by molar-refractivity contribution is 5.79. The first-order chi connectivity index (χ1) is 14.6. The maximum absolute atomic E-state index is 13.0. The number of carbonyl (C=O) groups excluding carboxylic acids is 1. The molecule has 0 bridgehead atoms. The molecule has 30 heavy (non-hydrogen) atoms. The van der Waals surface area contributed by atoms with E-state index in [1.165, 1.54) is 12.4 Å². The summed E-state index contributed by atoms with van der Waals surface area (Å²) in [5.41, 5.74) is 3.27. The third-order valence-electron chi connectivity index (χ3n) is 5.47. The molecule has 156 valence electrons. The van der Waals surface area contributed by atoms with Crippen LogP contribution in [0.2, 0.25) is 0 Å². The van der Waals surface area contributed by atoms with Crippen molar-refractivity contribution in [3.8, 4) is 11.1 Å². The molecule has 7 heteroatoms. The number of nitrogens with zero attached hydrogens (tertiary/aromatic N) is 4. The summed E-state index contributed by atoms with van der Waals surface area (Å²) in [5.74, 6) is 0.444. The van der Waals surface area contributed by atoms with Crippen LogP contribution < -0.4 is 0 Å². The second-order valence-corrected chi connectivity index (χ2v) is 7.43. The summed E-state index contributed by atoms with van der Waals surface area (Å²) in [5, 5.41) is 0. The average molecular weight is 410 g/mol. The van der Waals surface area contributed by atoms with E-state index in [4.69, 9.17) is 0 Å². The van der Waals surface area contributed by atoms with Gasteiger partial charge in [0, 0.05) is 38.6 Å². The number of imidazole rings is 1. The Morgan fingerprint density at radius 3 is 2.27 bits per heavy atom. The van der Waals surface area contributed by atoms with E-state index in [1.807, 2.05) is 47.4 Å². The Labute approximate surface area is 174 Å². The van der Waals surface area contributed by atoms with E-state index < -0.39 is 6.55 Å². The van der Waals surface area contributed by atoms with Gasteiger partial charge in [-0.1, -0.05) is 54.6 Å². The van der Waals surface area contributed by atoms with Crippen molar-refractivity contribution >= 4 is 5.91 Å². The lowest BCUT2D eigenvalue weighted by atomic mass is 10.0. The molecule has 4 rings (SSSR count). The number of hydrogen-bond donors (Lipinski definition) is 0. The zero-order valence-electron chi connectivity index (χ0n) is 16.6. The topological polar surface area (TPSA) is 41.4 Å². The van der Waals surface area contributed by atoms with Gasteiger partial charge in [-0.25, -0.2) is 4.98 Å². The molecule has 2 heterocycles. The fourth-order valence-electron chi connectivity index (χ4n) is 3.73. The number of benzene rings is 2. The zero-order valence-corrected chi connectivity index (χ0v) is 16.6. The van der Waals surface area contributed by atoms with Gasteiger partial charge in [0.1, 0.15) is 5.82 Å². The first-order valence-electron chi connectivity index (χ1n) is 10.0. The van der Waals surface area contributed by atoms with Gasteiger partial charge < -0.3 is 4.90 Å². The van der Waals surface area contributed by atoms with Gasteiger partial charge in [0.2, 0.25) is 5.91 Å². The van der Waals surface area contributed by atoms with E-state index in [2.05, 4.69) is 22.0 Å². The van der Waals surface area contributed by atoms with Crippen molar-refractivity contribution in [2.24, 2.45) is 0 Å². The van der Waals surface area contributed by atoms with Gasteiger partial charge in [0.25, 0.3) is 0 Å². The molecular weight excluding hydrogens is 386 g/mol. The predicted molar refractivity (Wildman–Crippen MR) is 111 cm³/mol. The lowest BCUT2D eigenvalue weighted by molar-refractivity contribution is -0.132. The van der Waals surface area contributed by atoms with E-state index in [0.29, 0.717) is 45.0 Å². The van der Waals surface area contributed by atoms with Crippen molar-refractivity contribution in [2.45, 2.75) is 19.5 Å². The molecule has 0 N–H and O–H groups in total. The van der Waals surface area contributed by atoms with Crippen molar-refractivity contribution in [1.29, 1.82) is 0 Å². The van der Waals surface area contributed by atoms with Crippen LogP contribution in [0, 0.1) is 0 Å². The van der Waals surface area contributed by atoms with Gasteiger partial charge in [-0.2, -0.15) is 8.78 Å². The number of amides is 1. The largest absolute Gasteiger partial charge is 0.340 e. The fourth-order valence-corrected chi connectivity index (χ4v) is 3.73. The van der Waals surface area contributed by atoms with Gasteiger partial charge in [-0.3, -0.25) is 14.3 Å². The molecule has 1 aromatic heterocycles. The highest BCUT2D eigenvalue weighted by Gasteiger charge is 2.23. The van der Waals surface area contributed by atoms with Crippen LogP contribution in [0.1, 0.15) is 17.9 Å². The Balaban J connectivity index is 1.29. The van der Waals surface area contributed by atoms with Crippen molar-refractivity contribution in [1.82, 2.24) is 19.4 Å². The summed E-state index contributed by atoms with van der Waals surface area (Å²) in [7, 11) is 0. The van der Waals surface area contributed by atoms with Gasteiger partial charge >= 0.3 is 6.55 Å². The molecular formula is C23H24F2N4O. The van der Waals surface area contributed by atoms with Crippen molar-refractivity contribution in [3.63, 3.8) is 0 Å². The van der Waals surface area contributed by atoms with E-state index in [0.717, 1.165) is 21.3 Å². The molecule has 0 unspecified atom stereocenters. The maximum Gasteiger partial charge on any atom is 0.319 e. The number of hydrogen-bond acceptors (Lipinski definition) is 3. The molecule has 2 aromatic carbocycles. The summed E-state index contributed by atoms with van der Waals surface area (Å²) >= 11 is 0. The predicted octanol–water partition coefficient (Wildman–Crippen LogP) is 3.83. The van der Waals surface area contributed by atoms with E-state index >= 15 is 0 Å². The van der Waals surface area contributed by atoms with Crippen LogP contribution in [0.15, 0.2) is 67.0 Å². The summed E-state index contributed by atoms with van der Waals surface area (Å²) in [4.78, 5) is 20.6. The maximum atomic E-state index is 13.0. The number of rotatable bonds is 6. The van der Waals surface area contributed by atoms with E-state index in [9.17, 15) is 13.6 Å². The quantitative estimate of drug-likeness (QED) is 0.620. The summed E-state index contributed by atoms with van der Waals surface area (Å²) < 4.78 is 26.8. The normalized spacial score (nSPS) is 15.0. The highest BCUT2D eigenvalue weighted by atomic mass is 19.3. The summed E-state index contributed by atoms with van der Waals surface area (Å²) in [6.07, 6.45) is 3.05. The average Bonchev–Trinajstić information content (AvgIpc) is 3.24. The molecule has 1 aliphatic rings. The van der Waals surface area contributed by atoms with Crippen molar-refractivity contribution in [2.75, 3.05) is 26.2 Å². The van der Waals surface area contributed by atoms with Gasteiger partial charge in [0.15, 0.2) is 0 Å². The first-order valence-corrected chi connectivity index (χ1v) is 10.0. The summed E-state index contributed by atoms with van der Waals surface area (Å²) in [6, 6.07) is 18.2. The monoisotopic (exact) mass is 410 g/mol. The zero-order chi connectivity index (χ0) is 20.9. The Morgan fingerprint density at radius 2 is 1.60 bits per heavy atom. The Bertz CT molecular complexity index is 964. The molecule has 3 aromatic rings. The van der Waals surface area contributed by atoms with E-state index in [1.54, 1.807) is 0 Å². The number of carbonyl (C=O) groups is 1. The summed E-state index contributed by atoms with van der Waals surface area (Å²) in [6.45, 7) is 0.259. The standard InChI is InChI=1S/C23H24F2N4O/c24-23(25)29-11-10-26-21(29)17-27-12-14-28(15-13-27)22(30)16-18-6-8-20(9-7-18)19-4-2-1-3-5-19/h1-11,23H,12-17H2. The van der Waals surface area contributed by atoms with E-state index in [-0.39, 0.29) is 5.91 Å². The molecule has 0 aliphatic carbocycles. The molecule has 0 radical (unpaired) electrons. The van der Waals surface area contributed by atoms with Crippen molar-refractivity contribution < 1.29 is 13.6 Å². The fraction of sp³-hybridized carbons (Fsp3) is 0.304. The van der Waals surface area contributed by atoms with Gasteiger partial charge in [-0.15, -0.1) is 0 Å². The second-order valence-electron chi connectivity index (χ2n) is 7.43. The molecule has 0 atom stereocenters. The smallest absolute Gasteiger partial charge is 0.319 e. The van der Waals surface area contributed by atoms with Crippen LogP contribution in [-0.2, 0) is 17.8 Å². The van der Waals surface area contributed by atoms with Crippen LogP contribution in [0.25, 0.3) is 11.1 Å². The number of aromatic nitrogens is 2. The molecule has 1 fully saturated rings. The lowest BCUT2D eigenvalue weighted by Crippen LogP contribution is -2.49. The second kappa shape index (κ2) is 9.17. The minimum atomic E-state index is -2.58. The minimum Gasteiger partial charge on any atom is -0.340 e. The molecule has 5 nitrogen and oxygen atoms in total. The van der Waals surface area contributed by atoms with Crippen LogP contribution >= 0.6 is 0 Å². The molecule has 1 aliphatic heterocycles. The lowest BCUT2D eigenvalue weighted by Gasteiger charge is -2.34. The molecule has 0 saturated carbocycles. The third kappa shape index (κ3) is 4.74. The highest BCUT2D eigenvalue weighted by Crippen LogP contribution is 2.20. The van der Waals surface area contributed by atoms with Crippen LogP contribution in [0.3, 0.4) is 0 Å². The number of alkyl halides is 2. The number of halogens is 2. The Kier molecular flexibility index (Phi) is 6.18. The SMILES string of the molecule is O=C(Cc1ccc(-c2ccccc2)cc1)N1CCN(Cc2nccn2C(F)F)CC1. The van der Waals surface area contributed by atoms with Gasteiger partial charge in [-0.05, 0) is 16.7 Å². The molecule has 1 saturated heterocycles. The van der Waals surface area contributed by atoms with Crippen LogP contribution in [0.5, 0.6) is 0 Å². The van der Waals surface area contributed by atoms with Gasteiger partial charge in [0.05, 0.1) is 13.0 Å². The molecule has 0 spiro atoms. The first kappa shape index (κ1) is 20.2. The number of piperazine rings is 1. The van der Waals surface area contributed by atoms with Crippen LogP contribution in [-0.4, -0.2) is 51.4 Å². The third-order valence-corrected chi connectivity index (χ3v) is 5.47. The van der Waals surface area contributed by atoms with Crippen molar-refractivity contribution in [3.05, 3.63) is 78.4 Å². The minimum absolute atomic E-state index is 0.0937. The molecule has 1 amide bonds.